The normalized spacial score (nSPS) is 28.1. The van der Waals surface area contributed by atoms with Crippen molar-refractivity contribution in [3.8, 4) is 0 Å². The van der Waals surface area contributed by atoms with Crippen molar-refractivity contribution >= 4 is 35.0 Å². The quantitative estimate of drug-likeness (QED) is 0.391. The van der Waals surface area contributed by atoms with Crippen molar-refractivity contribution in [3.05, 3.63) is 47.5 Å². The first-order valence-corrected chi connectivity index (χ1v) is 12.7. The molecule has 4 aliphatic rings. The van der Waals surface area contributed by atoms with Crippen molar-refractivity contribution in [1.29, 1.82) is 0 Å². The first kappa shape index (κ1) is 22.0. The number of anilines is 1. The van der Waals surface area contributed by atoms with Crippen LogP contribution in [0.3, 0.4) is 0 Å². The highest BCUT2D eigenvalue weighted by Gasteiger charge is 2.51. The molecule has 170 valence electrons. The van der Waals surface area contributed by atoms with Crippen LogP contribution >= 0.6 is 23.4 Å². The van der Waals surface area contributed by atoms with E-state index in [0.29, 0.717) is 17.6 Å². The van der Waals surface area contributed by atoms with Crippen molar-refractivity contribution < 1.29 is 9.18 Å². The zero-order valence-corrected chi connectivity index (χ0v) is 19.6. The fourth-order valence-electron chi connectivity index (χ4n) is 6.61. The third kappa shape index (κ3) is 4.46. The molecule has 2 aromatic rings. The molecule has 0 spiro atoms. The SMILES string of the molecule is C=CCn1c(CC23CC4CC(CC(C4)C2)C3)nnc1SCC(=O)Nc1ccc(F)c(Cl)c1. The van der Waals surface area contributed by atoms with Gasteiger partial charge < -0.3 is 9.88 Å². The van der Waals surface area contributed by atoms with Crippen LogP contribution in [-0.2, 0) is 17.8 Å². The summed E-state index contributed by atoms with van der Waals surface area (Å²) in [7, 11) is 0. The minimum atomic E-state index is -0.511. The zero-order chi connectivity index (χ0) is 22.3. The Morgan fingerprint density at radius 3 is 2.56 bits per heavy atom. The Bertz CT molecular complexity index is 1000. The van der Waals surface area contributed by atoms with Gasteiger partial charge in [0.15, 0.2) is 5.16 Å². The van der Waals surface area contributed by atoms with Gasteiger partial charge in [0.2, 0.25) is 5.91 Å². The first-order valence-electron chi connectivity index (χ1n) is 11.3. The van der Waals surface area contributed by atoms with Crippen molar-refractivity contribution in [2.75, 3.05) is 11.1 Å². The number of carbonyl (C=O) groups is 1. The molecule has 8 heteroatoms. The van der Waals surface area contributed by atoms with Gasteiger partial charge in [0, 0.05) is 18.7 Å². The standard InChI is InChI=1S/C24H28ClFN4OS/c1-2-5-30-21(13-24-10-15-6-16(11-24)8-17(7-15)12-24)28-29-23(30)32-14-22(31)27-18-3-4-20(26)19(25)9-18/h2-4,9,15-17H,1,5-8,10-14H2,(H,27,31). The largest absolute Gasteiger partial charge is 0.325 e. The van der Waals surface area contributed by atoms with E-state index in [2.05, 4.69) is 26.7 Å². The number of rotatable bonds is 8. The predicted molar refractivity (Wildman–Crippen MR) is 125 cm³/mol. The summed E-state index contributed by atoms with van der Waals surface area (Å²) in [4.78, 5) is 12.4. The van der Waals surface area contributed by atoms with Gasteiger partial charge in [-0.15, -0.1) is 16.8 Å². The van der Waals surface area contributed by atoms with Gasteiger partial charge in [0.25, 0.3) is 0 Å². The van der Waals surface area contributed by atoms with Gasteiger partial charge in [0.1, 0.15) is 11.6 Å². The summed E-state index contributed by atoms with van der Waals surface area (Å²) >= 11 is 7.15. The maximum atomic E-state index is 13.3. The Hall–Kier alpha value is -1.86. The zero-order valence-electron chi connectivity index (χ0n) is 18.0. The molecule has 4 fully saturated rings. The molecule has 6 rings (SSSR count). The molecular weight excluding hydrogens is 447 g/mol. The molecule has 1 N–H and O–H groups in total. The number of thioether (sulfide) groups is 1. The van der Waals surface area contributed by atoms with E-state index in [4.69, 9.17) is 11.6 Å². The molecular formula is C24H28ClFN4OS. The highest BCUT2D eigenvalue weighted by Crippen LogP contribution is 2.61. The van der Waals surface area contributed by atoms with Crippen molar-refractivity contribution in [3.63, 3.8) is 0 Å². The number of amides is 1. The molecule has 0 aliphatic heterocycles. The summed E-state index contributed by atoms with van der Waals surface area (Å²) < 4.78 is 15.4. The lowest BCUT2D eigenvalue weighted by atomic mass is 9.49. The predicted octanol–water partition coefficient (Wildman–Crippen LogP) is 5.75. The monoisotopic (exact) mass is 474 g/mol. The molecule has 0 unspecified atom stereocenters. The molecule has 0 atom stereocenters. The van der Waals surface area contributed by atoms with Crippen LogP contribution in [0.1, 0.15) is 44.3 Å². The Balaban J connectivity index is 1.25. The van der Waals surface area contributed by atoms with E-state index < -0.39 is 5.82 Å². The van der Waals surface area contributed by atoms with Crippen LogP contribution < -0.4 is 5.32 Å². The second-order valence-electron chi connectivity index (χ2n) is 9.86. The van der Waals surface area contributed by atoms with Crippen molar-refractivity contribution in [1.82, 2.24) is 14.8 Å². The molecule has 0 radical (unpaired) electrons. The summed E-state index contributed by atoms with van der Waals surface area (Å²) in [6, 6.07) is 4.14. The number of nitrogens with one attached hydrogen (secondary N) is 1. The topological polar surface area (TPSA) is 59.8 Å². The lowest BCUT2D eigenvalue weighted by molar-refractivity contribution is -0.113. The Morgan fingerprint density at radius 1 is 1.25 bits per heavy atom. The number of hydrogen-bond acceptors (Lipinski definition) is 4. The fourth-order valence-corrected chi connectivity index (χ4v) is 7.56. The maximum Gasteiger partial charge on any atom is 0.234 e. The van der Waals surface area contributed by atoms with Gasteiger partial charge in [-0.25, -0.2) is 4.39 Å². The van der Waals surface area contributed by atoms with Crippen LogP contribution in [0.15, 0.2) is 36.0 Å². The maximum absolute atomic E-state index is 13.3. The highest BCUT2D eigenvalue weighted by atomic mass is 35.5. The molecule has 5 nitrogen and oxygen atoms in total. The lowest BCUT2D eigenvalue weighted by Gasteiger charge is -2.56. The van der Waals surface area contributed by atoms with Crippen LogP contribution in [-0.4, -0.2) is 26.4 Å². The summed E-state index contributed by atoms with van der Waals surface area (Å²) in [6.07, 6.45) is 11.1. The van der Waals surface area contributed by atoms with Crippen LogP contribution in [0.25, 0.3) is 0 Å². The molecule has 1 aromatic heterocycles. The average Bonchev–Trinajstić information content (AvgIpc) is 3.09. The van der Waals surface area contributed by atoms with E-state index in [-0.39, 0.29) is 16.7 Å². The molecule has 4 saturated carbocycles. The summed E-state index contributed by atoms with van der Waals surface area (Å²) in [5, 5.41) is 12.4. The van der Waals surface area contributed by atoms with E-state index in [1.54, 1.807) is 0 Å². The molecule has 1 amide bonds. The molecule has 4 aliphatic carbocycles. The van der Waals surface area contributed by atoms with Crippen molar-refractivity contribution in [2.45, 2.75) is 56.6 Å². The number of hydrogen-bond donors (Lipinski definition) is 1. The van der Waals surface area contributed by atoms with Crippen LogP contribution in [0, 0.1) is 29.0 Å². The summed E-state index contributed by atoms with van der Waals surface area (Å²) in [5.74, 6) is 3.18. The number of halogens is 2. The summed E-state index contributed by atoms with van der Waals surface area (Å²) in [5.41, 5.74) is 0.846. The van der Waals surface area contributed by atoms with Crippen LogP contribution in [0.2, 0.25) is 5.02 Å². The second kappa shape index (κ2) is 8.82. The number of nitrogens with zero attached hydrogens (tertiary/aromatic N) is 3. The Labute approximate surface area is 197 Å². The van der Waals surface area contributed by atoms with Gasteiger partial charge in [-0.3, -0.25) is 4.79 Å². The molecule has 1 aromatic carbocycles. The van der Waals surface area contributed by atoms with E-state index in [1.807, 2.05) is 6.08 Å². The van der Waals surface area contributed by atoms with Gasteiger partial charge in [-0.05, 0) is 79.9 Å². The smallest absolute Gasteiger partial charge is 0.234 e. The molecule has 32 heavy (non-hydrogen) atoms. The summed E-state index contributed by atoms with van der Waals surface area (Å²) in [6.45, 7) is 4.53. The molecule has 0 saturated heterocycles. The van der Waals surface area contributed by atoms with Crippen LogP contribution in [0.5, 0.6) is 0 Å². The number of carbonyl (C=O) groups excluding carboxylic acids is 1. The van der Waals surface area contributed by atoms with E-state index in [0.717, 1.165) is 35.2 Å². The third-order valence-electron chi connectivity index (χ3n) is 7.34. The third-order valence-corrected chi connectivity index (χ3v) is 8.60. The Morgan fingerprint density at radius 2 is 1.94 bits per heavy atom. The van der Waals surface area contributed by atoms with Gasteiger partial charge in [-0.1, -0.05) is 29.4 Å². The minimum Gasteiger partial charge on any atom is -0.325 e. The lowest BCUT2D eigenvalue weighted by Crippen LogP contribution is -2.47. The van der Waals surface area contributed by atoms with Gasteiger partial charge in [-0.2, -0.15) is 0 Å². The molecule has 4 bridgehead atoms. The fraction of sp³-hybridized carbons (Fsp3) is 0.542. The van der Waals surface area contributed by atoms with Gasteiger partial charge in [0.05, 0.1) is 10.8 Å². The minimum absolute atomic E-state index is 0.0181. The van der Waals surface area contributed by atoms with E-state index in [9.17, 15) is 9.18 Å². The molecule has 1 heterocycles. The number of allylic oxidation sites excluding steroid dienone is 1. The van der Waals surface area contributed by atoms with E-state index in [1.165, 1.54) is 68.5 Å². The second-order valence-corrected chi connectivity index (χ2v) is 11.2. The van der Waals surface area contributed by atoms with Gasteiger partial charge >= 0.3 is 0 Å². The number of aromatic nitrogens is 3. The van der Waals surface area contributed by atoms with Crippen LogP contribution in [0.4, 0.5) is 10.1 Å². The highest BCUT2D eigenvalue weighted by molar-refractivity contribution is 7.99. The van der Waals surface area contributed by atoms with Crippen molar-refractivity contribution in [2.24, 2.45) is 23.2 Å². The van der Waals surface area contributed by atoms with E-state index >= 15 is 0 Å². The average molecular weight is 475 g/mol. The number of benzene rings is 1. The Kier molecular flexibility index (Phi) is 6.05. The first-order chi connectivity index (χ1) is 15.4.